The Morgan fingerprint density at radius 3 is 2.41 bits per heavy atom. The minimum atomic E-state index is -0.627. The summed E-state index contributed by atoms with van der Waals surface area (Å²) in [6.07, 6.45) is 0.432. The number of amides is 2. The minimum Gasteiger partial charge on any atom is -0.462 e. The molecule has 0 saturated carbocycles. The number of halogens is 2. The number of carbonyl (C=O) groups excluding carboxylic acids is 2. The van der Waals surface area contributed by atoms with E-state index >= 15 is 0 Å². The lowest BCUT2D eigenvalue weighted by Gasteiger charge is -2.33. The Morgan fingerprint density at radius 1 is 1.07 bits per heavy atom. The monoisotopic (exact) mass is 578 g/mol. The molecule has 0 aliphatic heterocycles. The van der Waals surface area contributed by atoms with Crippen LogP contribution in [-0.4, -0.2) is 39.6 Å². The predicted octanol–water partition coefficient (Wildman–Crippen LogP) is 7.00. The molecule has 0 fully saturated rings. The molecule has 8 nitrogen and oxygen atoms in total. The quantitative estimate of drug-likeness (QED) is 0.216. The molecule has 0 aliphatic carbocycles. The Kier molecular flexibility index (Phi) is 9.39. The molecule has 0 radical (unpaired) electrons. The number of nitrogens with one attached hydrogen (secondary N) is 1. The predicted molar refractivity (Wildman–Crippen MR) is 158 cm³/mol. The van der Waals surface area contributed by atoms with E-state index in [0.717, 1.165) is 0 Å². The summed E-state index contributed by atoms with van der Waals surface area (Å²) < 4.78 is 20.5. The van der Waals surface area contributed by atoms with Crippen molar-refractivity contribution in [3.05, 3.63) is 99.3 Å². The molecule has 0 aliphatic rings. The fraction of sp³-hybridized carbons (Fsp3) is 0.290. The molecule has 0 saturated heterocycles. The average Bonchev–Trinajstić information content (AvgIpc) is 2.95. The highest BCUT2D eigenvalue weighted by Gasteiger charge is 2.30. The number of ether oxygens (including phenoxy) is 1. The molecule has 41 heavy (non-hydrogen) atoms. The highest BCUT2D eigenvalue weighted by Crippen LogP contribution is 2.29. The molecule has 4 rings (SSSR count). The molecule has 1 unspecified atom stereocenters. The third kappa shape index (κ3) is 6.57. The molecular weight excluding hydrogens is 547 g/mol. The van der Waals surface area contributed by atoms with Gasteiger partial charge >= 0.3 is 12.0 Å². The number of rotatable bonds is 9. The Hall–Kier alpha value is -4.24. The highest BCUT2D eigenvalue weighted by molar-refractivity contribution is 6.30. The van der Waals surface area contributed by atoms with Crippen LogP contribution in [0.1, 0.15) is 56.3 Å². The number of benzene rings is 3. The fourth-order valence-electron chi connectivity index (χ4n) is 4.63. The highest BCUT2D eigenvalue weighted by atomic mass is 35.5. The molecular formula is C31H32ClFN4O4. The van der Waals surface area contributed by atoms with Crippen LogP contribution < -0.4 is 10.9 Å². The Balaban J connectivity index is 1.80. The number of carbonyl (C=O) groups is 2. The molecule has 4 aromatic rings. The van der Waals surface area contributed by atoms with Gasteiger partial charge < -0.3 is 15.0 Å². The first kappa shape index (κ1) is 29.7. The van der Waals surface area contributed by atoms with Crippen molar-refractivity contribution in [1.82, 2.24) is 14.5 Å². The first-order chi connectivity index (χ1) is 19.6. The van der Waals surface area contributed by atoms with E-state index in [0.29, 0.717) is 46.6 Å². The van der Waals surface area contributed by atoms with Crippen LogP contribution in [0.4, 0.5) is 14.9 Å². The summed E-state index contributed by atoms with van der Waals surface area (Å²) in [5.74, 6) is -0.645. The van der Waals surface area contributed by atoms with Crippen LogP contribution in [-0.2, 0) is 4.74 Å². The van der Waals surface area contributed by atoms with Gasteiger partial charge in [-0.1, -0.05) is 44.5 Å². The molecule has 10 heteroatoms. The molecule has 0 bridgehead atoms. The molecule has 214 valence electrons. The first-order valence-corrected chi connectivity index (χ1v) is 13.8. The van der Waals surface area contributed by atoms with Gasteiger partial charge in [-0.05, 0) is 73.9 Å². The van der Waals surface area contributed by atoms with Crippen molar-refractivity contribution in [3.63, 3.8) is 0 Å². The van der Waals surface area contributed by atoms with Gasteiger partial charge in [0.2, 0.25) is 0 Å². The van der Waals surface area contributed by atoms with Crippen LogP contribution in [0.15, 0.2) is 71.5 Å². The summed E-state index contributed by atoms with van der Waals surface area (Å²) in [5.41, 5.74) is 1.33. The summed E-state index contributed by atoms with van der Waals surface area (Å²) in [4.78, 5) is 46.1. The lowest BCUT2D eigenvalue weighted by Crippen LogP contribution is -2.42. The van der Waals surface area contributed by atoms with Gasteiger partial charge in [0.1, 0.15) is 11.6 Å². The lowest BCUT2D eigenvalue weighted by atomic mass is 10.1. The third-order valence-corrected chi connectivity index (χ3v) is 6.78. The van der Waals surface area contributed by atoms with Crippen molar-refractivity contribution in [2.24, 2.45) is 5.92 Å². The van der Waals surface area contributed by atoms with Gasteiger partial charge in [0.25, 0.3) is 5.56 Å². The maximum atomic E-state index is 14.1. The van der Waals surface area contributed by atoms with E-state index in [1.165, 1.54) is 22.8 Å². The largest absolute Gasteiger partial charge is 0.462 e. The van der Waals surface area contributed by atoms with Crippen molar-refractivity contribution in [3.8, 4) is 5.69 Å². The molecule has 1 heterocycles. The second-order valence-electron chi connectivity index (χ2n) is 9.92. The van der Waals surface area contributed by atoms with E-state index in [9.17, 15) is 18.8 Å². The van der Waals surface area contributed by atoms with E-state index in [1.54, 1.807) is 60.4 Å². The zero-order chi connectivity index (χ0) is 29.7. The minimum absolute atomic E-state index is 0.0851. The second-order valence-corrected chi connectivity index (χ2v) is 10.3. The van der Waals surface area contributed by atoms with Gasteiger partial charge in [0, 0.05) is 12.2 Å². The van der Waals surface area contributed by atoms with E-state index in [-0.39, 0.29) is 23.1 Å². The maximum Gasteiger partial charge on any atom is 0.338 e. The van der Waals surface area contributed by atoms with Crippen LogP contribution in [0.3, 0.4) is 0 Å². The standard InChI is InChI=1S/C31H32ClFN4O4/c1-5-27(36(18-19(3)4)31(40)34-21-13-11-20(12-14-21)30(39)41-6-2)28-35-26-10-8-7-9-23(26)29(38)37(28)22-15-16-25(33)24(32)17-22/h7-17,19,27H,5-6,18H2,1-4H3,(H,34,40). The van der Waals surface area contributed by atoms with Crippen molar-refractivity contribution in [2.45, 2.75) is 40.2 Å². The SMILES string of the molecule is CCOC(=O)c1ccc(NC(=O)N(CC(C)C)C(CC)c2nc3ccccc3c(=O)n2-c2ccc(F)c(Cl)c2)cc1. The van der Waals surface area contributed by atoms with Crippen molar-refractivity contribution in [1.29, 1.82) is 0 Å². The van der Waals surface area contributed by atoms with E-state index in [4.69, 9.17) is 21.3 Å². The van der Waals surface area contributed by atoms with Crippen molar-refractivity contribution in [2.75, 3.05) is 18.5 Å². The summed E-state index contributed by atoms with van der Waals surface area (Å²) >= 11 is 6.11. The van der Waals surface area contributed by atoms with Gasteiger partial charge in [-0.15, -0.1) is 0 Å². The average molecular weight is 579 g/mol. The van der Waals surface area contributed by atoms with Crippen LogP contribution in [0.5, 0.6) is 0 Å². The maximum absolute atomic E-state index is 14.1. The number of fused-ring (bicyclic) bond motifs is 1. The number of aromatic nitrogens is 2. The molecule has 2 amide bonds. The number of hydrogen-bond acceptors (Lipinski definition) is 5. The Labute approximate surface area is 242 Å². The van der Waals surface area contributed by atoms with E-state index in [2.05, 4.69) is 5.32 Å². The van der Waals surface area contributed by atoms with Gasteiger partial charge in [-0.2, -0.15) is 0 Å². The Morgan fingerprint density at radius 2 is 1.78 bits per heavy atom. The first-order valence-electron chi connectivity index (χ1n) is 13.5. The van der Waals surface area contributed by atoms with Crippen LogP contribution in [0, 0.1) is 11.7 Å². The van der Waals surface area contributed by atoms with Gasteiger partial charge in [0.05, 0.1) is 39.8 Å². The number of esters is 1. The molecule has 1 atom stereocenters. The van der Waals surface area contributed by atoms with Crippen LogP contribution in [0.2, 0.25) is 5.02 Å². The third-order valence-electron chi connectivity index (χ3n) is 6.49. The fourth-order valence-corrected chi connectivity index (χ4v) is 4.81. The van der Waals surface area contributed by atoms with Crippen molar-refractivity contribution < 1.29 is 18.7 Å². The van der Waals surface area contributed by atoms with E-state index < -0.39 is 23.9 Å². The van der Waals surface area contributed by atoms with Crippen LogP contribution in [0.25, 0.3) is 16.6 Å². The summed E-state index contributed by atoms with van der Waals surface area (Å²) in [6.45, 7) is 8.23. The van der Waals surface area contributed by atoms with Crippen molar-refractivity contribution >= 4 is 40.2 Å². The molecule has 3 aromatic carbocycles. The number of urea groups is 1. The number of anilines is 1. The smallest absolute Gasteiger partial charge is 0.338 e. The topological polar surface area (TPSA) is 93.5 Å². The van der Waals surface area contributed by atoms with E-state index in [1.807, 2.05) is 20.8 Å². The number of para-hydroxylation sites is 1. The Bertz CT molecular complexity index is 1620. The van der Waals surface area contributed by atoms with Gasteiger partial charge in [-0.3, -0.25) is 9.36 Å². The zero-order valence-electron chi connectivity index (χ0n) is 23.4. The van der Waals surface area contributed by atoms with Gasteiger partial charge in [0.15, 0.2) is 0 Å². The molecule has 1 aromatic heterocycles. The summed E-state index contributed by atoms with van der Waals surface area (Å²) in [6, 6.07) is 16.4. The number of hydrogen-bond donors (Lipinski definition) is 1. The van der Waals surface area contributed by atoms with Gasteiger partial charge in [-0.25, -0.2) is 19.0 Å². The normalized spacial score (nSPS) is 11.9. The summed E-state index contributed by atoms with van der Waals surface area (Å²) in [5, 5.41) is 3.15. The number of nitrogens with zero attached hydrogens (tertiary/aromatic N) is 3. The molecule has 0 spiro atoms. The van der Waals surface area contributed by atoms with Crippen LogP contribution >= 0.6 is 11.6 Å². The lowest BCUT2D eigenvalue weighted by molar-refractivity contribution is 0.0526. The molecule has 1 N–H and O–H groups in total. The second kappa shape index (κ2) is 13.0. The zero-order valence-corrected chi connectivity index (χ0v) is 24.1. The summed E-state index contributed by atoms with van der Waals surface area (Å²) in [7, 11) is 0.